The van der Waals surface area contributed by atoms with Crippen LogP contribution in [-0.2, 0) is 6.54 Å². The highest BCUT2D eigenvalue weighted by atomic mass is 16.4. The lowest BCUT2D eigenvalue weighted by Gasteiger charge is -2.07. The SMILES string of the molecule is Cc1ccccc1Cn1ccc2oc(=O)[nH]c2c1=O. The number of oxazole rings is 1. The number of pyridine rings is 1. The number of hydrogen-bond donors (Lipinski definition) is 1. The number of H-pyrrole nitrogens is 1. The summed E-state index contributed by atoms with van der Waals surface area (Å²) in [6, 6.07) is 9.49. The van der Waals surface area contributed by atoms with Crippen LogP contribution >= 0.6 is 0 Å². The molecule has 19 heavy (non-hydrogen) atoms. The number of hydrogen-bond acceptors (Lipinski definition) is 3. The molecule has 0 aliphatic carbocycles. The second-order valence-corrected chi connectivity index (χ2v) is 4.43. The van der Waals surface area contributed by atoms with E-state index in [2.05, 4.69) is 4.98 Å². The van der Waals surface area contributed by atoms with Gasteiger partial charge in [-0.1, -0.05) is 24.3 Å². The van der Waals surface area contributed by atoms with Crippen molar-refractivity contribution in [3.63, 3.8) is 0 Å². The van der Waals surface area contributed by atoms with Gasteiger partial charge in [-0.2, -0.15) is 0 Å². The van der Waals surface area contributed by atoms with Crippen molar-refractivity contribution < 1.29 is 4.42 Å². The van der Waals surface area contributed by atoms with Gasteiger partial charge in [-0.05, 0) is 24.1 Å². The molecular formula is C14H12N2O3. The van der Waals surface area contributed by atoms with Gasteiger partial charge in [0.2, 0.25) is 0 Å². The van der Waals surface area contributed by atoms with Crippen molar-refractivity contribution >= 4 is 11.1 Å². The lowest BCUT2D eigenvalue weighted by molar-refractivity contribution is 0.555. The van der Waals surface area contributed by atoms with Crippen molar-refractivity contribution in [1.82, 2.24) is 9.55 Å². The second-order valence-electron chi connectivity index (χ2n) is 4.43. The van der Waals surface area contributed by atoms with E-state index in [1.54, 1.807) is 16.8 Å². The molecule has 3 rings (SSSR count). The van der Waals surface area contributed by atoms with E-state index in [0.717, 1.165) is 11.1 Å². The number of aromatic amines is 1. The Balaban J connectivity index is 2.11. The maximum atomic E-state index is 12.2. The first-order valence-electron chi connectivity index (χ1n) is 5.92. The third-order valence-electron chi connectivity index (χ3n) is 3.16. The molecule has 1 aromatic carbocycles. The van der Waals surface area contributed by atoms with Gasteiger partial charge in [0.1, 0.15) is 0 Å². The third-order valence-corrected chi connectivity index (χ3v) is 3.16. The van der Waals surface area contributed by atoms with Crippen LogP contribution in [0.15, 0.2) is 50.5 Å². The van der Waals surface area contributed by atoms with E-state index in [0.29, 0.717) is 6.54 Å². The molecule has 0 amide bonds. The average molecular weight is 256 g/mol. The van der Waals surface area contributed by atoms with E-state index < -0.39 is 5.76 Å². The molecule has 3 aromatic rings. The summed E-state index contributed by atoms with van der Waals surface area (Å²) in [6.45, 7) is 2.47. The Morgan fingerprint density at radius 2 is 2.00 bits per heavy atom. The third kappa shape index (κ3) is 1.99. The molecule has 0 bridgehead atoms. The van der Waals surface area contributed by atoms with E-state index >= 15 is 0 Å². The quantitative estimate of drug-likeness (QED) is 0.757. The molecule has 0 unspecified atom stereocenters. The lowest BCUT2D eigenvalue weighted by Crippen LogP contribution is -2.20. The number of aromatic nitrogens is 2. The normalized spacial score (nSPS) is 11.0. The van der Waals surface area contributed by atoms with Gasteiger partial charge in [0, 0.05) is 6.20 Å². The molecule has 2 heterocycles. The number of fused-ring (bicyclic) bond motifs is 1. The van der Waals surface area contributed by atoms with Crippen LogP contribution in [0.25, 0.3) is 11.1 Å². The number of nitrogens with one attached hydrogen (secondary N) is 1. The Bertz CT molecular complexity index is 855. The molecular weight excluding hydrogens is 244 g/mol. The van der Waals surface area contributed by atoms with Crippen LogP contribution in [0, 0.1) is 6.92 Å². The molecule has 0 atom stereocenters. The topological polar surface area (TPSA) is 68.0 Å². The molecule has 5 heteroatoms. The first-order valence-corrected chi connectivity index (χ1v) is 5.92. The first kappa shape index (κ1) is 11.5. The van der Waals surface area contributed by atoms with Crippen molar-refractivity contribution in [2.75, 3.05) is 0 Å². The average Bonchev–Trinajstić information content (AvgIpc) is 2.77. The molecule has 0 saturated carbocycles. The number of nitrogens with zero attached hydrogens (tertiary/aromatic N) is 1. The van der Waals surface area contributed by atoms with Crippen LogP contribution in [0.3, 0.4) is 0 Å². The van der Waals surface area contributed by atoms with Crippen LogP contribution < -0.4 is 11.3 Å². The Labute approximate surface area is 108 Å². The zero-order valence-electron chi connectivity index (χ0n) is 10.3. The van der Waals surface area contributed by atoms with E-state index in [9.17, 15) is 9.59 Å². The fraction of sp³-hybridized carbons (Fsp3) is 0.143. The summed E-state index contributed by atoms with van der Waals surface area (Å²) in [7, 11) is 0. The second kappa shape index (κ2) is 4.28. The summed E-state index contributed by atoms with van der Waals surface area (Å²) >= 11 is 0. The molecule has 0 radical (unpaired) electrons. The molecule has 0 aliphatic heterocycles. The maximum Gasteiger partial charge on any atom is 0.417 e. The first-order chi connectivity index (χ1) is 9.15. The van der Waals surface area contributed by atoms with Crippen LogP contribution in [-0.4, -0.2) is 9.55 Å². The van der Waals surface area contributed by atoms with Crippen molar-refractivity contribution in [2.45, 2.75) is 13.5 Å². The minimum Gasteiger partial charge on any atom is -0.408 e. The van der Waals surface area contributed by atoms with E-state index in [1.165, 1.54) is 0 Å². The lowest BCUT2D eigenvalue weighted by atomic mass is 10.1. The molecule has 96 valence electrons. The Morgan fingerprint density at radius 1 is 1.21 bits per heavy atom. The van der Waals surface area contributed by atoms with Gasteiger partial charge in [-0.25, -0.2) is 4.79 Å². The highest BCUT2D eigenvalue weighted by molar-refractivity contribution is 5.70. The number of benzene rings is 1. The van der Waals surface area contributed by atoms with Crippen molar-refractivity contribution in [2.24, 2.45) is 0 Å². The zero-order valence-corrected chi connectivity index (χ0v) is 10.3. The number of aryl methyl sites for hydroxylation is 1. The number of rotatable bonds is 2. The minimum absolute atomic E-state index is 0.209. The summed E-state index contributed by atoms with van der Waals surface area (Å²) < 4.78 is 6.40. The highest BCUT2D eigenvalue weighted by Gasteiger charge is 2.08. The predicted molar refractivity (Wildman–Crippen MR) is 71.4 cm³/mol. The monoisotopic (exact) mass is 256 g/mol. The van der Waals surface area contributed by atoms with Crippen LogP contribution in [0.4, 0.5) is 0 Å². The smallest absolute Gasteiger partial charge is 0.408 e. The minimum atomic E-state index is -0.610. The van der Waals surface area contributed by atoms with Gasteiger partial charge in [0.15, 0.2) is 11.1 Å². The summed E-state index contributed by atoms with van der Waals surface area (Å²) in [6.07, 6.45) is 1.63. The Morgan fingerprint density at radius 3 is 2.79 bits per heavy atom. The molecule has 0 aliphatic rings. The zero-order chi connectivity index (χ0) is 13.4. The van der Waals surface area contributed by atoms with Crippen LogP contribution in [0.5, 0.6) is 0 Å². The van der Waals surface area contributed by atoms with Crippen molar-refractivity contribution in [1.29, 1.82) is 0 Å². The highest BCUT2D eigenvalue weighted by Crippen LogP contribution is 2.09. The van der Waals surface area contributed by atoms with Gasteiger partial charge < -0.3 is 8.98 Å². The van der Waals surface area contributed by atoms with Crippen molar-refractivity contribution in [3.05, 3.63) is 68.6 Å². The van der Waals surface area contributed by atoms with Gasteiger partial charge in [-0.3, -0.25) is 9.78 Å². The fourth-order valence-corrected chi connectivity index (χ4v) is 2.08. The van der Waals surface area contributed by atoms with Gasteiger partial charge >= 0.3 is 5.76 Å². The Hall–Kier alpha value is -2.56. The molecule has 5 nitrogen and oxygen atoms in total. The fourth-order valence-electron chi connectivity index (χ4n) is 2.08. The summed E-state index contributed by atoms with van der Waals surface area (Å²) in [5.41, 5.74) is 2.42. The van der Waals surface area contributed by atoms with Crippen LogP contribution in [0.2, 0.25) is 0 Å². The molecule has 0 spiro atoms. The van der Waals surface area contributed by atoms with Gasteiger partial charge in [-0.15, -0.1) is 0 Å². The predicted octanol–water partition coefficient (Wildman–Crippen LogP) is 1.64. The molecule has 2 aromatic heterocycles. The Kier molecular flexibility index (Phi) is 2.59. The standard InChI is InChI=1S/C14H12N2O3/c1-9-4-2-3-5-10(9)8-16-7-6-11-12(13(16)17)15-14(18)19-11/h2-7H,8H2,1H3,(H,15,18). The van der Waals surface area contributed by atoms with Gasteiger partial charge in [0.05, 0.1) is 6.54 Å². The van der Waals surface area contributed by atoms with Gasteiger partial charge in [0.25, 0.3) is 5.56 Å². The largest absolute Gasteiger partial charge is 0.417 e. The summed E-state index contributed by atoms with van der Waals surface area (Å²) in [4.78, 5) is 25.7. The van der Waals surface area contributed by atoms with Crippen molar-refractivity contribution in [3.8, 4) is 0 Å². The summed E-state index contributed by atoms with van der Waals surface area (Å²) in [5.74, 6) is -0.610. The van der Waals surface area contributed by atoms with E-state index in [4.69, 9.17) is 4.42 Å². The summed E-state index contributed by atoms with van der Waals surface area (Å²) in [5, 5.41) is 0. The molecule has 0 fully saturated rings. The van der Waals surface area contributed by atoms with E-state index in [-0.39, 0.29) is 16.7 Å². The molecule has 1 N–H and O–H groups in total. The van der Waals surface area contributed by atoms with Crippen LogP contribution in [0.1, 0.15) is 11.1 Å². The molecule has 0 saturated heterocycles. The maximum absolute atomic E-state index is 12.2. The van der Waals surface area contributed by atoms with E-state index in [1.807, 2.05) is 31.2 Å².